The summed E-state index contributed by atoms with van der Waals surface area (Å²) in [5.74, 6) is 1.52. The molecule has 0 bridgehead atoms. The zero-order valence-electron chi connectivity index (χ0n) is 28.8. The van der Waals surface area contributed by atoms with Crippen LogP contribution in [0.1, 0.15) is 22.9 Å². The Morgan fingerprint density at radius 3 is 1.98 bits per heavy atom. The molecule has 0 spiro atoms. The van der Waals surface area contributed by atoms with Crippen LogP contribution in [0.2, 0.25) is 0 Å². The van der Waals surface area contributed by atoms with E-state index < -0.39 is 0 Å². The molecule has 8 aromatic carbocycles. The van der Waals surface area contributed by atoms with E-state index in [9.17, 15) is 0 Å². The van der Waals surface area contributed by atoms with Crippen LogP contribution in [-0.2, 0) is 0 Å². The molecule has 5 nitrogen and oxygen atoms in total. The molecule has 0 N–H and O–H groups in total. The van der Waals surface area contributed by atoms with Crippen LogP contribution in [0.25, 0.3) is 76.5 Å². The van der Waals surface area contributed by atoms with Crippen molar-refractivity contribution in [1.82, 2.24) is 4.90 Å². The Kier molecular flexibility index (Phi) is 6.46. The van der Waals surface area contributed by atoms with Crippen molar-refractivity contribution in [3.8, 4) is 11.1 Å². The van der Waals surface area contributed by atoms with Gasteiger partial charge in [-0.25, -0.2) is 9.98 Å². The normalized spacial score (nSPS) is 14.9. The number of para-hydroxylation sites is 2. The van der Waals surface area contributed by atoms with Crippen LogP contribution < -0.4 is 0 Å². The van der Waals surface area contributed by atoms with Gasteiger partial charge < -0.3 is 13.7 Å². The Balaban J connectivity index is 1.16. The number of aliphatic imine (C=N–C) groups is 2. The summed E-state index contributed by atoms with van der Waals surface area (Å²) in [5.41, 5.74) is 8.50. The summed E-state index contributed by atoms with van der Waals surface area (Å²) < 4.78 is 12.8. The number of hydrogen-bond donors (Lipinski definition) is 0. The standard InChI is InChI=1S/C48H31N3O2/c1-51-47(31-12-3-2-4-13-31)49-46(50-48(51)33-22-21-30-20-19-29-11-5-6-14-35(29)38(30)26-33)40-27-34(28-44-45(40)37-16-8-10-18-42(37)53-44)32-23-24-43-39(25-32)36-15-7-9-17-41(36)52-43/h2-28,48H,1H3. The minimum Gasteiger partial charge on any atom is -0.456 e. The van der Waals surface area contributed by atoms with Gasteiger partial charge in [-0.3, -0.25) is 0 Å². The van der Waals surface area contributed by atoms with Crippen LogP contribution in [0.5, 0.6) is 0 Å². The van der Waals surface area contributed by atoms with E-state index in [2.05, 4.69) is 145 Å². The highest BCUT2D eigenvalue weighted by molar-refractivity contribution is 6.23. The van der Waals surface area contributed by atoms with Gasteiger partial charge in [-0.2, -0.15) is 0 Å². The number of hydrogen-bond acceptors (Lipinski definition) is 5. The van der Waals surface area contributed by atoms with Crippen molar-refractivity contribution in [1.29, 1.82) is 0 Å². The van der Waals surface area contributed by atoms with Crippen molar-refractivity contribution in [3.63, 3.8) is 0 Å². The van der Waals surface area contributed by atoms with E-state index in [1.54, 1.807) is 0 Å². The summed E-state index contributed by atoms with van der Waals surface area (Å²) in [4.78, 5) is 13.1. The first-order chi connectivity index (χ1) is 26.2. The van der Waals surface area contributed by atoms with E-state index in [1.165, 1.54) is 21.5 Å². The van der Waals surface area contributed by atoms with Crippen molar-refractivity contribution in [2.75, 3.05) is 7.05 Å². The molecule has 3 heterocycles. The molecule has 1 aliphatic rings. The Labute approximate surface area is 304 Å². The van der Waals surface area contributed by atoms with Crippen LogP contribution in [0.3, 0.4) is 0 Å². The largest absolute Gasteiger partial charge is 0.456 e. The van der Waals surface area contributed by atoms with Crippen molar-refractivity contribution >= 4 is 77.1 Å². The molecule has 2 aromatic heterocycles. The molecule has 0 aliphatic carbocycles. The average Bonchev–Trinajstić information content (AvgIpc) is 3.79. The van der Waals surface area contributed by atoms with Crippen molar-refractivity contribution < 1.29 is 8.83 Å². The van der Waals surface area contributed by atoms with Gasteiger partial charge in [0.2, 0.25) is 0 Å². The third kappa shape index (κ3) is 4.71. The Morgan fingerprint density at radius 2 is 1.13 bits per heavy atom. The molecule has 0 saturated carbocycles. The SMILES string of the molecule is CN1C(c2ccccc2)=NC(c2cc(-c3ccc4oc5ccccc5c4c3)cc3oc4ccccc4c23)=NC1c1ccc2ccc3ccccc3c2c1. The van der Waals surface area contributed by atoms with E-state index in [4.69, 9.17) is 18.8 Å². The predicted molar refractivity (Wildman–Crippen MR) is 218 cm³/mol. The quantitative estimate of drug-likeness (QED) is 0.174. The minimum absolute atomic E-state index is 0.327. The summed E-state index contributed by atoms with van der Waals surface area (Å²) in [6.45, 7) is 0. The van der Waals surface area contributed by atoms with Crippen LogP contribution in [-0.4, -0.2) is 23.6 Å². The van der Waals surface area contributed by atoms with Gasteiger partial charge in [0, 0.05) is 39.7 Å². The van der Waals surface area contributed by atoms with E-state index in [0.29, 0.717) is 5.84 Å². The highest BCUT2D eigenvalue weighted by atomic mass is 16.3. The van der Waals surface area contributed by atoms with Crippen LogP contribution in [0.4, 0.5) is 0 Å². The number of fused-ring (bicyclic) bond motifs is 9. The number of benzene rings is 8. The van der Waals surface area contributed by atoms with Crippen molar-refractivity contribution in [2.24, 2.45) is 9.98 Å². The summed E-state index contributed by atoms with van der Waals surface area (Å²) in [6.07, 6.45) is -0.327. The van der Waals surface area contributed by atoms with Gasteiger partial charge in [0.25, 0.3) is 0 Å². The second-order valence-electron chi connectivity index (χ2n) is 13.8. The van der Waals surface area contributed by atoms with Crippen LogP contribution in [0, 0.1) is 0 Å². The molecule has 1 atom stereocenters. The van der Waals surface area contributed by atoms with Gasteiger partial charge in [0.05, 0.1) is 0 Å². The molecule has 5 heteroatoms. The molecule has 53 heavy (non-hydrogen) atoms. The average molecular weight is 682 g/mol. The second kappa shape index (κ2) is 11.5. The maximum Gasteiger partial charge on any atom is 0.160 e. The molecular weight excluding hydrogens is 651 g/mol. The lowest BCUT2D eigenvalue weighted by atomic mass is 9.96. The van der Waals surface area contributed by atoms with Crippen LogP contribution >= 0.6 is 0 Å². The van der Waals surface area contributed by atoms with E-state index >= 15 is 0 Å². The fourth-order valence-corrected chi connectivity index (χ4v) is 8.09. The molecule has 1 aliphatic heterocycles. The van der Waals surface area contributed by atoms with Crippen LogP contribution in [0.15, 0.2) is 183 Å². The maximum atomic E-state index is 6.59. The van der Waals surface area contributed by atoms with E-state index in [-0.39, 0.29) is 6.17 Å². The molecule has 1 unspecified atom stereocenters. The van der Waals surface area contributed by atoms with E-state index in [1.807, 2.05) is 30.3 Å². The number of amidine groups is 2. The van der Waals surface area contributed by atoms with Gasteiger partial charge in [-0.15, -0.1) is 0 Å². The Hall–Kier alpha value is -6.98. The lowest BCUT2D eigenvalue weighted by Crippen LogP contribution is -2.35. The lowest BCUT2D eigenvalue weighted by molar-refractivity contribution is 0.383. The lowest BCUT2D eigenvalue weighted by Gasteiger charge is -2.32. The summed E-state index contributed by atoms with van der Waals surface area (Å²) in [6, 6.07) is 57.3. The van der Waals surface area contributed by atoms with Gasteiger partial charge in [-0.1, -0.05) is 121 Å². The molecule has 0 saturated heterocycles. The van der Waals surface area contributed by atoms with Gasteiger partial charge >= 0.3 is 0 Å². The highest BCUT2D eigenvalue weighted by Gasteiger charge is 2.29. The zero-order valence-corrected chi connectivity index (χ0v) is 28.8. The number of furan rings is 2. The van der Waals surface area contributed by atoms with Gasteiger partial charge in [0.15, 0.2) is 12.0 Å². The predicted octanol–water partition coefficient (Wildman–Crippen LogP) is 12.3. The fraction of sp³-hybridized carbons (Fsp3) is 0.0417. The Bertz CT molecular complexity index is 3150. The van der Waals surface area contributed by atoms with E-state index in [0.717, 1.165) is 77.5 Å². The summed E-state index contributed by atoms with van der Waals surface area (Å²) >= 11 is 0. The molecular formula is C48H31N3O2. The Morgan fingerprint density at radius 1 is 0.472 bits per heavy atom. The number of nitrogens with zero attached hydrogens (tertiary/aromatic N) is 3. The maximum absolute atomic E-state index is 6.59. The molecule has 11 rings (SSSR count). The first-order valence-corrected chi connectivity index (χ1v) is 17.9. The number of rotatable bonds is 4. The highest BCUT2D eigenvalue weighted by Crippen LogP contribution is 2.40. The molecule has 0 amide bonds. The second-order valence-corrected chi connectivity index (χ2v) is 13.8. The van der Waals surface area contributed by atoms with Gasteiger partial charge in [0.1, 0.15) is 28.2 Å². The first-order valence-electron chi connectivity index (χ1n) is 17.9. The molecule has 0 fully saturated rings. The molecule has 10 aromatic rings. The first kappa shape index (κ1) is 29.7. The third-order valence-corrected chi connectivity index (χ3v) is 10.7. The topological polar surface area (TPSA) is 54.2 Å². The molecule has 250 valence electrons. The van der Waals surface area contributed by atoms with Crippen molar-refractivity contribution in [2.45, 2.75) is 6.17 Å². The molecule has 0 radical (unpaired) electrons. The third-order valence-electron chi connectivity index (χ3n) is 10.7. The summed E-state index contributed by atoms with van der Waals surface area (Å²) in [7, 11) is 2.09. The summed E-state index contributed by atoms with van der Waals surface area (Å²) in [5, 5.41) is 9.07. The zero-order chi connectivity index (χ0) is 35.0. The van der Waals surface area contributed by atoms with Gasteiger partial charge in [-0.05, 0) is 80.7 Å². The smallest absolute Gasteiger partial charge is 0.160 e. The minimum atomic E-state index is -0.327. The monoisotopic (exact) mass is 681 g/mol. The van der Waals surface area contributed by atoms with Crippen molar-refractivity contribution in [3.05, 3.63) is 180 Å². The fourth-order valence-electron chi connectivity index (χ4n) is 8.09.